The van der Waals surface area contributed by atoms with Gasteiger partial charge in [-0.1, -0.05) is 18.2 Å². The van der Waals surface area contributed by atoms with Gasteiger partial charge in [-0.2, -0.15) is 0 Å². The van der Waals surface area contributed by atoms with E-state index in [4.69, 9.17) is 4.74 Å². The number of nitrogens with one attached hydrogen (secondary N) is 1. The largest absolute Gasteiger partial charge is 0.494 e. The first kappa shape index (κ1) is 22.3. The van der Waals surface area contributed by atoms with E-state index in [0.29, 0.717) is 30.2 Å². The fraction of sp³-hybridized carbons (Fsp3) is 0.217. The molecular formula is C23H25N3O4S. The molecule has 2 aromatic carbocycles. The van der Waals surface area contributed by atoms with Crippen molar-refractivity contribution in [2.24, 2.45) is 0 Å². The molecule has 7 nitrogen and oxygen atoms in total. The zero-order chi connectivity index (χ0) is 22.3. The third-order valence-electron chi connectivity index (χ3n) is 4.53. The van der Waals surface area contributed by atoms with Gasteiger partial charge in [0.25, 0.3) is 5.91 Å². The third kappa shape index (κ3) is 6.29. The molecule has 1 heterocycles. The Bertz CT molecular complexity index is 1100. The van der Waals surface area contributed by atoms with Crippen LogP contribution in [0, 0.1) is 0 Å². The topological polar surface area (TPSA) is 88.6 Å². The van der Waals surface area contributed by atoms with Crippen LogP contribution in [0.5, 0.6) is 5.75 Å². The molecule has 0 unspecified atom stereocenters. The van der Waals surface area contributed by atoms with Crippen molar-refractivity contribution in [3.05, 3.63) is 89.7 Å². The third-order valence-corrected chi connectivity index (χ3v) is 5.68. The highest BCUT2D eigenvalue weighted by molar-refractivity contribution is 7.92. The predicted molar refractivity (Wildman–Crippen MR) is 120 cm³/mol. The van der Waals surface area contributed by atoms with Gasteiger partial charge in [-0.3, -0.25) is 14.1 Å². The number of sulfonamides is 1. The van der Waals surface area contributed by atoms with Crippen LogP contribution in [-0.2, 0) is 23.1 Å². The fourth-order valence-electron chi connectivity index (χ4n) is 2.98. The molecule has 0 saturated heterocycles. The second kappa shape index (κ2) is 10.1. The molecule has 0 bridgehead atoms. The minimum absolute atomic E-state index is 0.155. The summed E-state index contributed by atoms with van der Waals surface area (Å²) in [5.74, 6) is 0.462. The predicted octanol–water partition coefficient (Wildman–Crippen LogP) is 3.38. The van der Waals surface area contributed by atoms with Crippen LogP contribution in [0.3, 0.4) is 0 Å². The van der Waals surface area contributed by atoms with Crippen LogP contribution in [0.15, 0.2) is 72.9 Å². The average Bonchev–Trinajstić information content (AvgIpc) is 2.77. The molecule has 3 rings (SSSR count). The number of aromatic nitrogens is 1. The molecule has 0 fully saturated rings. The molecule has 0 radical (unpaired) electrons. The summed E-state index contributed by atoms with van der Waals surface area (Å²) < 4.78 is 31.5. The van der Waals surface area contributed by atoms with Crippen molar-refractivity contribution in [2.45, 2.75) is 20.0 Å². The van der Waals surface area contributed by atoms with Crippen LogP contribution in [0.1, 0.15) is 28.5 Å². The summed E-state index contributed by atoms with van der Waals surface area (Å²) in [6.45, 7) is 2.92. The first-order chi connectivity index (χ1) is 14.9. The van der Waals surface area contributed by atoms with Gasteiger partial charge in [0.05, 0.1) is 37.3 Å². The maximum atomic E-state index is 12.4. The molecule has 1 amide bonds. The van der Waals surface area contributed by atoms with Gasteiger partial charge in [0.1, 0.15) is 5.75 Å². The van der Waals surface area contributed by atoms with E-state index < -0.39 is 10.0 Å². The number of benzene rings is 2. The summed E-state index contributed by atoms with van der Waals surface area (Å²) in [6, 6.07) is 19.3. The quantitative estimate of drug-likeness (QED) is 0.552. The normalized spacial score (nSPS) is 11.0. The molecule has 0 atom stereocenters. The maximum Gasteiger partial charge on any atom is 0.251 e. The van der Waals surface area contributed by atoms with Crippen molar-refractivity contribution in [3.8, 4) is 5.75 Å². The Morgan fingerprint density at radius 1 is 1.03 bits per heavy atom. The summed E-state index contributed by atoms with van der Waals surface area (Å²) in [4.78, 5) is 16.5. The standard InChI is InChI=1S/C23H25N3O4S/c1-3-30-22-13-11-21(12-14-22)26(31(2,28)29)17-18-7-9-19(10-8-18)23(27)25-16-20-6-4-5-15-24-20/h4-15H,3,16-17H2,1-2H3,(H,25,27). The van der Waals surface area contributed by atoms with Crippen molar-refractivity contribution in [1.29, 1.82) is 0 Å². The molecule has 1 aromatic heterocycles. The molecule has 0 spiro atoms. The highest BCUT2D eigenvalue weighted by Gasteiger charge is 2.18. The second-order valence-electron chi connectivity index (χ2n) is 6.90. The summed E-state index contributed by atoms with van der Waals surface area (Å²) in [5, 5.41) is 2.82. The highest BCUT2D eigenvalue weighted by Crippen LogP contribution is 2.24. The minimum Gasteiger partial charge on any atom is -0.494 e. The van der Waals surface area contributed by atoms with Crippen LogP contribution in [0.25, 0.3) is 0 Å². The number of hydrogen-bond donors (Lipinski definition) is 1. The van der Waals surface area contributed by atoms with Gasteiger partial charge in [-0.15, -0.1) is 0 Å². The van der Waals surface area contributed by atoms with Gasteiger partial charge in [-0.05, 0) is 61.0 Å². The van der Waals surface area contributed by atoms with Gasteiger partial charge in [-0.25, -0.2) is 8.42 Å². The van der Waals surface area contributed by atoms with Crippen molar-refractivity contribution in [1.82, 2.24) is 10.3 Å². The second-order valence-corrected chi connectivity index (χ2v) is 8.80. The molecule has 3 aromatic rings. The summed E-state index contributed by atoms with van der Waals surface area (Å²) in [5.41, 5.74) is 2.57. The molecular weight excluding hydrogens is 414 g/mol. The molecule has 162 valence electrons. The molecule has 8 heteroatoms. The van der Waals surface area contributed by atoms with Gasteiger partial charge in [0.15, 0.2) is 0 Å². The number of anilines is 1. The van der Waals surface area contributed by atoms with Crippen LogP contribution in [0.2, 0.25) is 0 Å². The van der Waals surface area contributed by atoms with Crippen molar-refractivity contribution < 1.29 is 17.9 Å². The Kier molecular flexibility index (Phi) is 7.25. The van der Waals surface area contributed by atoms with Gasteiger partial charge in [0.2, 0.25) is 10.0 Å². The molecule has 0 aliphatic carbocycles. The van der Waals surface area contributed by atoms with E-state index >= 15 is 0 Å². The molecule has 0 aliphatic heterocycles. The number of carbonyl (C=O) groups excluding carboxylic acids is 1. The average molecular weight is 440 g/mol. The monoisotopic (exact) mass is 439 g/mol. The van der Waals surface area contributed by atoms with E-state index in [1.54, 1.807) is 54.7 Å². The number of carbonyl (C=O) groups is 1. The number of amides is 1. The zero-order valence-corrected chi connectivity index (χ0v) is 18.3. The molecule has 31 heavy (non-hydrogen) atoms. The van der Waals surface area contributed by atoms with Gasteiger partial charge >= 0.3 is 0 Å². The summed E-state index contributed by atoms with van der Waals surface area (Å²) in [6.07, 6.45) is 2.84. The Hall–Kier alpha value is -3.39. The SMILES string of the molecule is CCOc1ccc(N(Cc2ccc(C(=O)NCc3ccccn3)cc2)S(C)(=O)=O)cc1. The van der Waals surface area contributed by atoms with Crippen LogP contribution < -0.4 is 14.4 Å². The van der Waals surface area contributed by atoms with Gasteiger partial charge in [0, 0.05) is 11.8 Å². The fourth-order valence-corrected chi connectivity index (χ4v) is 3.87. The Balaban J connectivity index is 1.69. The lowest BCUT2D eigenvalue weighted by Crippen LogP contribution is -2.29. The van der Waals surface area contributed by atoms with Gasteiger partial charge < -0.3 is 10.1 Å². The van der Waals surface area contributed by atoms with Crippen LogP contribution in [-0.4, -0.2) is 32.2 Å². The summed E-state index contributed by atoms with van der Waals surface area (Å²) >= 11 is 0. The van der Waals surface area contributed by atoms with E-state index in [-0.39, 0.29) is 12.5 Å². The Morgan fingerprint density at radius 3 is 2.32 bits per heavy atom. The van der Waals surface area contributed by atoms with Crippen LogP contribution in [0.4, 0.5) is 5.69 Å². The van der Waals surface area contributed by atoms with E-state index in [0.717, 1.165) is 11.3 Å². The lowest BCUT2D eigenvalue weighted by molar-refractivity contribution is 0.0950. The van der Waals surface area contributed by atoms with Crippen LogP contribution >= 0.6 is 0 Å². The maximum absolute atomic E-state index is 12.4. The molecule has 0 aliphatic rings. The first-order valence-corrected chi connectivity index (χ1v) is 11.7. The first-order valence-electron chi connectivity index (χ1n) is 9.84. The van der Waals surface area contributed by atoms with Crippen molar-refractivity contribution >= 4 is 21.6 Å². The number of pyridine rings is 1. The lowest BCUT2D eigenvalue weighted by atomic mass is 10.1. The van der Waals surface area contributed by atoms with Crippen molar-refractivity contribution in [2.75, 3.05) is 17.2 Å². The number of ether oxygens (including phenoxy) is 1. The van der Waals surface area contributed by atoms with E-state index in [1.807, 2.05) is 25.1 Å². The van der Waals surface area contributed by atoms with E-state index in [9.17, 15) is 13.2 Å². The number of rotatable bonds is 9. The minimum atomic E-state index is -3.50. The smallest absolute Gasteiger partial charge is 0.251 e. The zero-order valence-electron chi connectivity index (χ0n) is 17.5. The number of hydrogen-bond acceptors (Lipinski definition) is 5. The Labute approximate surface area is 182 Å². The lowest BCUT2D eigenvalue weighted by Gasteiger charge is -2.23. The molecule has 0 saturated carbocycles. The number of nitrogens with zero attached hydrogens (tertiary/aromatic N) is 2. The Morgan fingerprint density at radius 2 is 1.74 bits per heavy atom. The van der Waals surface area contributed by atoms with E-state index in [1.165, 1.54) is 10.6 Å². The van der Waals surface area contributed by atoms with Crippen molar-refractivity contribution in [3.63, 3.8) is 0 Å². The molecule has 1 N–H and O–H groups in total. The summed E-state index contributed by atoms with van der Waals surface area (Å²) in [7, 11) is -3.50. The van der Waals surface area contributed by atoms with E-state index in [2.05, 4.69) is 10.3 Å². The highest BCUT2D eigenvalue weighted by atomic mass is 32.2.